The summed E-state index contributed by atoms with van der Waals surface area (Å²) in [6, 6.07) is 0.342. The topological polar surface area (TPSA) is 65.7 Å². The van der Waals surface area contributed by atoms with E-state index in [-0.39, 0.29) is 0 Å². The van der Waals surface area contributed by atoms with Gasteiger partial charge in [-0.3, -0.25) is 10.4 Å². The molecule has 5 heteroatoms. The second kappa shape index (κ2) is 6.68. The fraction of sp³-hybridized carbons (Fsp3) is 0.875. The molecule has 0 aromatic heterocycles. The van der Waals surface area contributed by atoms with Crippen LogP contribution < -0.4 is 16.6 Å². The van der Waals surface area contributed by atoms with Gasteiger partial charge in [0.2, 0.25) is 5.96 Å². The van der Waals surface area contributed by atoms with Crippen LogP contribution in [0.1, 0.15) is 13.8 Å². The Kier molecular flexibility index (Phi) is 6.26. The van der Waals surface area contributed by atoms with Crippen molar-refractivity contribution >= 4 is 5.96 Å². The van der Waals surface area contributed by atoms with Crippen molar-refractivity contribution in [2.24, 2.45) is 10.8 Å². The number of aliphatic imine (C=N–C) groups is 1. The summed E-state index contributed by atoms with van der Waals surface area (Å²) >= 11 is 0. The average Bonchev–Trinajstić information content (AvgIpc) is 2.01. The van der Waals surface area contributed by atoms with Crippen LogP contribution >= 0.6 is 0 Å². The molecular weight excluding hydrogens is 166 g/mol. The van der Waals surface area contributed by atoms with Crippen molar-refractivity contribution in [1.82, 2.24) is 15.6 Å². The van der Waals surface area contributed by atoms with Gasteiger partial charge in [0.05, 0.1) is 6.54 Å². The van der Waals surface area contributed by atoms with Gasteiger partial charge in [-0.2, -0.15) is 0 Å². The highest BCUT2D eigenvalue weighted by atomic mass is 15.3. The molecule has 0 fully saturated rings. The van der Waals surface area contributed by atoms with Gasteiger partial charge < -0.3 is 10.2 Å². The molecule has 0 rings (SSSR count). The van der Waals surface area contributed by atoms with Gasteiger partial charge >= 0.3 is 0 Å². The lowest BCUT2D eigenvalue weighted by Crippen LogP contribution is -2.44. The van der Waals surface area contributed by atoms with Crippen molar-refractivity contribution in [2.45, 2.75) is 19.9 Å². The number of likely N-dealkylation sites (N-methyl/N-ethyl adjacent to an activating group) is 1. The second-order valence-electron chi connectivity index (χ2n) is 3.48. The van der Waals surface area contributed by atoms with E-state index in [0.717, 1.165) is 13.1 Å². The minimum Gasteiger partial charge on any atom is -0.353 e. The number of nitrogens with two attached hydrogens (primary N) is 1. The Morgan fingerprint density at radius 2 is 2.08 bits per heavy atom. The Labute approximate surface area is 80.4 Å². The normalized spacial score (nSPS) is 12.4. The van der Waals surface area contributed by atoms with E-state index in [1.165, 1.54) is 0 Å². The number of hydrogen-bond donors (Lipinski definition) is 3. The van der Waals surface area contributed by atoms with E-state index in [0.29, 0.717) is 12.0 Å². The van der Waals surface area contributed by atoms with Gasteiger partial charge in [-0.25, -0.2) is 5.84 Å². The van der Waals surface area contributed by atoms with Crippen LogP contribution in [-0.2, 0) is 0 Å². The number of rotatable bonds is 4. The van der Waals surface area contributed by atoms with Crippen LogP contribution in [0, 0.1) is 0 Å². The minimum atomic E-state index is 0.342. The summed E-state index contributed by atoms with van der Waals surface area (Å²) in [5.41, 5.74) is 2.53. The monoisotopic (exact) mass is 187 g/mol. The van der Waals surface area contributed by atoms with Crippen molar-refractivity contribution in [3.8, 4) is 0 Å². The largest absolute Gasteiger partial charge is 0.353 e. The Morgan fingerprint density at radius 3 is 2.46 bits per heavy atom. The molecule has 0 heterocycles. The Hall–Kier alpha value is -0.810. The van der Waals surface area contributed by atoms with E-state index < -0.39 is 0 Å². The summed E-state index contributed by atoms with van der Waals surface area (Å²) in [5, 5.41) is 3.10. The highest BCUT2D eigenvalue weighted by Crippen LogP contribution is 1.79. The smallest absolute Gasteiger partial charge is 0.205 e. The van der Waals surface area contributed by atoms with Crippen molar-refractivity contribution in [3.63, 3.8) is 0 Å². The summed E-state index contributed by atoms with van der Waals surface area (Å²) in [6.07, 6.45) is 0. The lowest BCUT2D eigenvalue weighted by Gasteiger charge is -2.12. The third kappa shape index (κ3) is 7.55. The number of guanidine groups is 1. The zero-order valence-electron chi connectivity index (χ0n) is 8.96. The van der Waals surface area contributed by atoms with Gasteiger partial charge in [0.25, 0.3) is 0 Å². The van der Waals surface area contributed by atoms with E-state index in [2.05, 4.69) is 20.6 Å². The van der Waals surface area contributed by atoms with Crippen LogP contribution in [0.2, 0.25) is 0 Å². The Morgan fingerprint density at radius 1 is 1.46 bits per heavy atom. The maximum Gasteiger partial charge on any atom is 0.205 e. The molecule has 78 valence electrons. The molecule has 0 aliphatic heterocycles. The van der Waals surface area contributed by atoms with Crippen molar-refractivity contribution in [3.05, 3.63) is 0 Å². The Balaban J connectivity index is 3.78. The zero-order valence-corrected chi connectivity index (χ0v) is 8.96. The first-order valence-corrected chi connectivity index (χ1v) is 4.48. The van der Waals surface area contributed by atoms with Crippen molar-refractivity contribution in [1.29, 1.82) is 0 Å². The van der Waals surface area contributed by atoms with Crippen LogP contribution in [0.3, 0.4) is 0 Å². The molecule has 0 spiro atoms. The van der Waals surface area contributed by atoms with Gasteiger partial charge in [0, 0.05) is 12.6 Å². The molecule has 0 unspecified atom stereocenters. The maximum absolute atomic E-state index is 5.28. The Bertz CT molecular complexity index is 153. The molecule has 5 nitrogen and oxygen atoms in total. The lowest BCUT2D eigenvalue weighted by molar-refractivity contribution is 0.420. The summed E-state index contributed by atoms with van der Waals surface area (Å²) in [7, 11) is 4.03. The van der Waals surface area contributed by atoms with Crippen molar-refractivity contribution < 1.29 is 0 Å². The van der Waals surface area contributed by atoms with Gasteiger partial charge in [-0.15, -0.1) is 0 Å². The SMILES string of the molecule is CC(C)NC(=NCCN(C)C)NN. The van der Waals surface area contributed by atoms with Crippen LogP contribution in [0.4, 0.5) is 0 Å². The number of nitrogens with zero attached hydrogens (tertiary/aromatic N) is 2. The summed E-state index contributed by atoms with van der Waals surface area (Å²) < 4.78 is 0. The van der Waals surface area contributed by atoms with Gasteiger partial charge in [0.1, 0.15) is 0 Å². The lowest BCUT2D eigenvalue weighted by atomic mass is 10.4. The fourth-order valence-electron chi connectivity index (χ4n) is 0.768. The van der Waals surface area contributed by atoms with Gasteiger partial charge in [-0.05, 0) is 27.9 Å². The maximum atomic E-state index is 5.28. The number of hydrogen-bond acceptors (Lipinski definition) is 3. The fourth-order valence-corrected chi connectivity index (χ4v) is 0.768. The molecule has 0 aliphatic carbocycles. The molecule has 0 aromatic rings. The van der Waals surface area contributed by atoms with E-state index in [4.69, 9.17) is 5.84 Å². The van der Waals surface area contributed by atoms with E-state index in [1.54, 1.807) is 0 Å². The number of nitrogens with one attached hydrogen (secondary N) is 2. The molecule has 0 aliphatic rings. The molecule has 13 heavy (non-hydrogen) atoms. The van der Waals surface area contributed by atoms with Crippen LogP contribution in [0.5, 0.6) is 0 Å². The summed E-state index contributed by atoms with van der Waals surface area (Å²) in [4.78, 5) is 6.33. The highest BCUT2D eigenvalue weighted by Gasteiger charge is 1.97. The average molecular weight is 187 g/mol. The molecular formula is C8H21N5. The van der Waals surface area contributed by atoms with Crippen LogP contribution in [0.25, 0.3) is 0 Å². The third-order valence-corrected chi connectivity index (χ3v) is 1.38. The third-order valence-electron chi connectivity index (χ3n) is 1.38. The predicted octanol–water partition coefficient (Wildman–Crippen LogP) is -0.635. The highest BCUT2D eigenvalue weighted by molar-refractivity contribution is 5.79. The molecule has 4 N–H and O–H groups in total. The molecule has 0 saturated heterocycles. The molecule has 0 atom stereocenters. The first kappa shape index (κ1) is 12.2. The minimum absolute atomic E-state index is 0.342. The van der Waals surface area contributed by atoms with Gasteiger partial charge in [0.15, 0.2) is 0 Å². The van der Waals surface area contributed by atoms with Crippen molar-refractivity contribution in [2.75, 3.05) is 27.2 Å². The zero-order chi connectivity index (χ0) is 10.3. The number of hydrazine groups is 1. The summed E-state index contributed by atoms with van der Waals surface area (Å²) in [5.74, 6) is 5.93. The molecule has 0 radical (unpaired) electrons. The molecule has 0 amide bonds. The van der Waals surface area contributed by atoms with E-state index >= 15 is 0 Å². The van der Waals surface area contributed by atoms with Crippen LogP contribution in [0.15, 0.2) is 4.99 Å². The first-order valence-electron chi connectivity index (χ1n) is 4.48. The van der Waals surface area contributed by atoms with E-state index in [1.807, 2.05) is 27.9 Å². The van der Waals surface area contributed by atoms with E-state index in [9.17, 15) is 0 Å². The first-order chi connectivity index (χ1) is 6.06. The molecule has 0 bridgehead atoms. The predicted molar refractivity (Wildman–Crippen MR) is 56.5 cm³/mol. The van der Waals surface area contributed by atoms with Gasteiger partial charge in [-0.1, -0.05) is 0 Å². The standard InChI is InChI=1S/C8H21N5/c1-7(2)11-8(12-9)10-5-6-13(3)4/h7H,5-6,9H2,1-4H3,(H2,10,11,12). The van der Waals surface area contributed by atoms with Crippen LogP contribution in [-0.4, -0.2) is 44.1 Å². The second-order valence-corrected chi connectivity index (χ2v) is 3.48. The molecule has 0 aromatic carbocycles. The summed E-state index contributed by atoms with van der Waals surface area (Å²) in [6.45, 7) is 5.74. The quantitative estimate of drug-likeness (QED) is 0.237. The molecule has 0 saturated carbocycles.